The Hall–Kier alpha value is -1.62. The summed E-state index contributed by atoms with van der Waals surface area (Å²) in [6.45, 7) is 4.16. The number of thiocarbonyl (C=S) groups is 1. The second-order valence-corrected chi connectivity index (χ2v) is 6.91. The highest BCUT2D eigenvalue weighted by atomic mass is 35.5. The zero-order valence-corrected chi connectivity index (χ0v) is 15.2. The molecule has 1 saturated heterocycles. The summed E-state index contributed by atoms with van der Waals surface area (Å²) >= 11 is 11.3. The summed E-state index contributed by atoms with van der Waals surface area (Å²) in [6, 6.07) is 16.1. The van der Waals surface area contributed by atoms with Gasteiger partial charge in [-0.1, -0.05) is 35.9 Å². The number of hydrogen-bond acceptors (Lipinski definition) is 2. The first-order chi connectivity index (χ1) is 11.7. The molecule has 0 bridgehead atoms. The Balaban J connectivity index is 1.55. The van der Waals surface area contributed by atoms with Crippen molar-refractivity contribution in [2.75, 3.05) is 18.4 Å². The van der Waals surface area contributed by atoms with Crippen LogP contribution in [0.15, 0.2) is 48.5 Å². The molecule has 0 atom stereocenters. The normalized spacial score (nSPS) is 14.5. The first-order valence-corrected chi connectivity index (χ1v) is 9.09. The van der Waals surface area contributed by atoms with Gasteiger partial charge in [-0.25, -0.2) is 0 Å². The number of likely N-dealkylation sites (tertiary alicyclic amines) is 1. The highest BCUT2D eigenvalue weighted by molar-refractivity contribution is 7.80. The molecule has 126 valence electrons. The van der Waals surface area contributed by atoms with Gasteiger partial charge in [0, 0.05) is 23.8 Å². The average Bonchev–Trinajstić information content (AvgIpc) is 3.09. The lowest BCUT2D eigenvalue weighted by Gasteiger charge is -2.18. The molecule has 0 amide bonds. The Morgan fingerprint density at radius 2 is 1.67 bits per heavy atom. The number of nitrogens with zero attached hydrogens (tertiary/aromatic N) is 1. The van der Waals surface area contributed by atoms with Gasteiger partial charge in [-0.2, -0.15) is 0 Å². The molecule has 1 fully saturated rings. The van der Waals surface area contributed by atoms with E-state index < -0.39 is 0 Å². The Labute approximate surface area is 154 Å². The smallest absolute Gasteiger partial charge is 0.171 e. The van der Waals surface area contributed by atoms with E-state index in [2.05, 4.69) is 39.8 Å². The second kappa shape index (κ2) is 8.47. The fourth-order valence-electron chi connectivity index (χ4n) is 2.95. The molecular formula is C19H22ClN3S. The van der Waals surface area contributed by atoms with Crippen molar-refractivity contribution in [1.29, 1.82) is 0 Å². The van der Waals surface area contributed by atoms with Crippen LogP contribution in [0.25, 0.3) is 0 Å². The lowest BCUT2D eigenvalue weighted by Crippen LogP contribution is -2.28. The van der Waals surface area contributed by atoms with Crippen LogP contribution in [0.2, 0.25) is 5.02 Å². The molecule has 0 saturated carbocycles. The summed E-state index contributed by atoms with van der Waals surface area (Å²) in [7, 11) is 0. The summed E-state index contributed by atoms with van der Waals surface area (Å²) in [5.74, 6) is 0. The molecule has 1 aliphatic rings. The molecule has 1 heterocycles. The van der Waals surface area contributed by atoms with E-state index >= 15 is 0 Å². The fraction of sp³-hybridized carbons (Fsp3) is 0.316. The van der Waals surface area contributed by atoms with Crippen LogP contribution in [-0.4, -0.2) is 23.1 Å². The standard InChI is InChI=1S/C19H22ClN3S/c20-17-7-9-18(10-8-17)22-19(24)21-13-15-5-1-2-6-16(15)14-23-11-3-4-12-23/h1-2,5-10H,3-4,11-14H2,(H2,21,22,24). The highest BCUT2D eigenvalue weighted by Crippen LogP contribution is 2.16. The first-order valence-electron chi connectivity index (χ1n) is 8.30. The van der Waals surface area contributed by atoms with E-state index in [0.717, 1.165) is 23.8 Å². The van der Waals surface area contributed by atoms with Gasteiger partial charge in [0.15, 0.2) is 5.11 Å². The average molecular weight is 360 g/mol. The van der Waals surface area contributed by atoms with Gasteiger partial charge in [-0.3, -0.25) is 4.90 Å². The van der Waals surface area contributed by atoms with Crippen LogP contribution in [0.3, 0.4) is 0 Å². The maximum atomic E-state index is 5.90. The SMILES string of the molecule is S=C(NCc1ccccc1CN1CCCC1)Nc1ccc(Cl)cc1. The molecule has 2 aromatic carbocycles. The van der Waals surface area contributed by atoms with Crippen LogP contribution in [0.5, 0.6) is 0 Å². The zero-order valence-electron chi connectivity index (χ0n) is 13.6. The summed E-state index contributed by atoms with van der Waals surface area (Å²) in [4.78, 5) is 2.52. The lowest BCUT2D eigenvalue weighted by molar-refractivity contribution is 0.330. The Morgan fingerprint density at radius 1 is 1.00 bits per heavy atom. The molecule has 5 heteroatoms. The zero-order chi connectivity index (χ0) is 16.8. The van der Waals surface area contributed by atoms with Crippen molar-refractivity contribution in [3.05, 3.63) is 64.7 Å². The molecule has 3 nitrogen and oxygen atoms in total. The number of halogens is 1. The van der Waals surface area contributed by atoms with Crippen molar-refractivity contribution in [1.82, 2.24) is 10.2 Å². The third-order valence-corrected chi connectivity index (χ3v) is 4.75. The van der Waals surface area contributed by atoms with Gasteiger partial charge in [-0.05, 0) is 73.5 Å². The maximum absolute atomic E-state index is 5.90. The molecule has 0 aromatic heterocycles. The van der Waals surface area contributed by atoms with Gasteiger partial charge in [0.2, 0.25) is 0 Å². The number of rotatable bonds is 5. The molecule has 0 radical (unpaired) electrons. The van der Waals surface area contributed by atoms with Gasteiger partial charge >= 0.3 is 0 Å². The van der Waals surface area contributed by atoms with Gasteiger partial charge in [0.25, 0.3) is 0 Å². The molecule has 1 aliphatic heterocycles. The summed E-state index contributed by atoms with van der Waals surface area (Å²) in [6.07, 6.45) is 2.63. The van der Waals surface area contributed by atoms with Crippen LogP contribution >= 0.6 is 23.8 Å². The predicted octanol–water partition coefficient (Wildman–Crippen LogP) is 4.42. The molecule has 0 unspecified atom stereocenters. The molecule has 0 spiro atoms. The quantitative estimate of drug-likeness (QED) is 0.772. The van der Waals surface area contributed by atoms with E-state index in [9.17, 15) is 0 Å². The van der Waals surface area contributed by atoms with Crippen LogP contribution < -0.4 is 10.6 Å². The molecule has 24 heavy (non-hydrogen) atoms. The van der Waals surface area contributed by atoms with Crippen LogP contribution in [0.1, 0.15) is 24.0 Å². The van der Waals surface area contributed by atoms with E-state index in [1.165, 1.54) is 37.1 Å². The molecule has 3 rings (SSSR count). The second-order valence-electron chi connectivity index (χ2n) is 6.07. The molecule has 2 aromatic rings. The van der Waals surface area contributed by atoms with Crippen molar-refractivity contribution < 1.29 is 0 Å². The number of benzene rings is 2. The Bertz CT molecular complexity index is 681. The number of anilines is 1. The van der Waals surface area contributed by atoms with Crippen LogP contribution in [0, 0.1) is 0 Å². The van der Waals surface area contributed by atoms with E-state index in [1.807, 2.05) is 24.3 Å². The van der Waals surface area contributed by atoms with Gasteiger partial charge in [0.05, 0.1) is 0 Å². The lowest BCUT2D eigenvalue weighted by atomic mass is 10.1. The predicted molar refractivity (Wildman–Crippen MR) is 105 cm³/mol. The van der Waals surface area contributed by atoms with Crippen molar-refractivity contribution in [2.24, 2.45) is 0 Å². The Kier molecular flexibility index (Phi) is 6.07. The van der Waals surface area contributed by atoms with Gasteiger partial charge in [0.1, 0.15) is 0 Å². The van der Waals surface area contributed by atoms with Gasteiger partial charge in [-0.15, -0.1) is 0 Å². The van der Waals surface area contributed by atoms with Crippen molar-refractivity contribution in [2.45, 2.75) is 25.9 Å². The van der Waals surface area contributed by atoms with E-state index in [-0.39, 0.29) is 0 Å². The molecule has 2 N–H and O–H groups in total. The third-order valence-electron chi connectivity index (χ3n) is 4.25. The summed E-state index contributed by atoms with van der Waals surface area (Å²) in [5.41, 5.74) is 3.60. The molecular weight excluding hydrogens is 338 g/mol. The van der Waals surface area contributed by atoms with E-state index in [0.29, 0.717) is 5.11 Å². The third kappa shape index (κ3) is 4.94. The minimum absolute atomic E-state index is 0.619. The van der Waals surface area contributed by atoms with E-state index in [4.69, 9.17) is 23.8 Å². The first kappa shape index (κ1) is 17.2. The van der Waals surface area contributed by atoms with Crippen molar-refractivity contribution in [3.63, 3.8) is 0 Å². The van der Waals surface area contributed by atoms with E-state index in [1.54, 1.807) is 0 Å². The maximum Gasteiger partial charge on any atom is 0.171 e. The van der Waals surface area contributed by atoms with Crippen molar-refractivity contribution in [3.8, 4) is 0 Å². The minimum atomic E-state index is 0.619. The van der Waals surface area contributed by atoms with Crippen LogP contribution in [0.4, 0.5) is 5.69 Å². The number of hydrogen-bond donors (Lipinski definition) is 2. The number of nitrogens with one attached hydrogen (secondary N) is 2. The monoisotopic (exact) mass is 359 g/mol. The fourth-order valence-corrected chi connectivity index (χ4v) is 3.27. The van der Waals surface area contributed by atoms with Crippen LogP contribution in [-0.2, 0) is 13.1 Å². The van der Waals surface area contributed by atoms with Crippen molar-refractivity contribution >= 4 is 34.6 Å². The summed E-state index contributed by atoms with van der Waals surface area (Å²) < 4.78 is 0. The largest absolute Gasteiger partial charge is 0.358 e. The highest BCUT2D eigenvalue weighted by Gasteiger charge is 2.13. The summed E-state index contributed by atoms with van der Waals surface area (Å²) in [5, 5.41) is 7.82. The Morgan fingerprint density at radius 3 is 2.38 bits per heavy atom. The topological polar surface area (TPSA) is 27.3 Å². The molecule has 0 aliphatic carbocycles. The van der Waals surface area contributed by atoms with Gasteiger partial charge < -0.3 is 10.6 Å². The minimum Gasteiger partial charge on any atom is -0.358 e.